The summed E-state index contributed by atoms with van der Waals surface area (Å²) in [6.45, 7) is -0.213. The minimum Gasteiger partial charge on any atom is -0.376 e. The normalized spacial score (nSPS) is 27.6. The van der Waals surface area contributed by atoms with Gasteiger partial charge in [-0.05, 0) is 17.7 Å². The largest absolute Gasteiger partial charge is 0.376 e. The third kappa shape index (κ3) is 5.64. The molecule has 1 N–H and O–H groups in total. The van der Waals surface area contributed by atoms with Crippen molar-refractivity contribution in [2.24, 2.45) is 5.11 Å². The third-order valence-electron chi connectivity index (χ3n) is 4.10. The van der Waals surface area contributed by atoms with Gasteiger partial charge in [-0.15, -0.1) is 0 Å². The van der Waals surface area contributed by atoms with Crippen molar-refractivity contribution >= 4 is 16.0 Å². The highest BCUT2D eigenvalue weighted by Gasteiger charge is 2.49. The molecule has 0 aliphatic carbocycles. The van der Waals surface area contributed by atoms with E-state index in [1.165, 1.54) is 14.2 Å². The highest BCUT2D eigenvalue weighted by molar-refractivity contribution is 7.86. The van der Waals surface area contributed by atoms with Crippen molar-refractivity contribution in [3.8, 4) is 0 Å². The monoisotopic (exact) mass is 414 g/mol. The number of carbonyl (C=O) groups is 1. The van der Waals surface area contributed by atoms with Gasteiger partial charge < -0.3 is 19.5 Å². The lowest BCUT2D eigenvalue weighted by Crippen LogP contribution is -2.65. The number of rotatable bonds is 8. The SMILES string of the molecule is COC1OC(CN=[N+]=[N-])[C@H](OS(C)(=O)=O)C(OC)C1NC(=O)c1ccccc1. The Balaban J connectivity index is 2.33. The predicted molar refractivity (Wildman–Crippen MR) is 97.9 cm³/mol. The van der Waals surface area contributed by atoms with Gasteiger partial charge in [-0.1, -0.05) is 23.3 Å². The third-order valence-corrected chi connectivity index (χ3v) is 4.67. The summed E-state index contributed by atoms with van der Waals surface area (Å²) in [5.41, 5.74) is 8.98. The zero-order valence-electron chi connectivity index (χ0n) is 15.6. The van der Waals surface area contributed by atoms with E-state index in [-0.39, 0.29) is 6.54 Å². The van der Waals surface area contributed by atoms with Crippen LogP contribution >= 0.6 is 0 Å². The minimum atomic E-state index is -3.90. The Morgan fingerprint density at radius 1 is 1.25 bits per heavy atom. The molecule has 1 aromatic rings. The summed E-state index contributed by atoms with van der Waals surface area (Å²) in [4.78, 5) is 15.2. The molecule has 1 fully saturated rings. The number of nitrogens with zero attached hydrogens (tertiary/aromatic N) is 3. The first-order valence-corrected chi connectivity index (χ1v) is 10.1. The predicted octanol–water partition coefficient (Wildman–Crippen LogP) is 0.826. The fraction of sp³-hybridized carbons (Fsp3) is 0.562. The molecule has 12 heteroatoms. The summed E-state index contributed by atoms with van der Waals surface area (Å²) in [6, 6.07) is 7.54. The summed E-state index contributed by atoms with van der Waals surface area (Å²) in [5, 5.41) is 6.17. The maximum atomic E-state index is 12.6. The zero-order chi connectivity index (χ0) is 20.7. The molecule has 4 unspecified atom stereocenters. The number of azide groups is 1. The molecule has 1 aliphatic rings. The molecule has 2 rings (SSSR count). The Morgan fingerprint density at radius 2 is 1.93 bits per heavy atom. The number of methoxy groups -OCH3 is 2. The molecule has 28 heavy (non-hydrogen) atoms. The quantitative estimate of drug-likeness (QED) is 0.286. The van der Waals surface area contributed by atoms with E-state index in [0.717, 1.165) is 6.26 Å². The lowest BCUT2D eigenvalue weighted by molar-refractivity contribution is -0.251. The van der Waals surface area contributed by atoms with Gasteiger partial charge in [0.25, 0.3) is 16.0 Å². The van der Waals surface area contributed by atoms with E-state index in [9.17, 15) is 13.2 Å². The molecular weight excluding hydrogens is 392 g/mol. The van der Waals surface area contributed by atoms with Crippen LogP contribution in [-0.2, 0) is 28.5 Å². The Bertz CT molecular complexity index is 814. The number of carbonyl (C=O) groups excluding carboxylic acids is 1. The van der Waals surface area contributed by atoms with E-state index in [2.05, 4.69) is 15.3 Å². The molecule has 1 heterocycles. The molecule has 0 radical (unpaired) electrons. The van der Waals surface area contributed by atoms with Crippen LogP contribution in [0.2, 0.25) is 0 Å². The van der Waals surface area contributed by atoms with Crippen LogP contribution in [0.3, 0.4) is 0 Å². The van der Waals surface area contributed by atoms with Crippen LogP contribution in [0, 0.1) is 0 Å². The zero-order valence-corrected chi connectivity index (χ0v) is 16.4. The summed E-state index contributed by atoms with van der Waals surface area (Å²) < 4.78 is 45.0. The fourth-order valence-electron chi connectivity index (χ4n) is 2.94. The van der Waals surface area contributed by atoms with Gasteiger partial charge in [0.1, 0.15) is 18.2 Å². The second-order valence-electron chi connectivity index (χ2n) is 6.02. The Kier molecular flexibility index (Phi) is 7.75. The molecule has 0 saturated carbocycles. The van der Waals surface area contributed by atoms with E-state index in [0.29, 0.717) is 5.56 Å². The highest BCUT2D eigenvalue weighted by Crippen LogP contribution is 2.28. The molecule has 1 aromatic carbocycles. The van der Waals surface area contributed by atoms with Gasteiger partial charge in [-0.2, -0.15) is 8.42 Å². The second kappa shape index (κ2) is 9.82. The minimum absolute atomic E-state index is 0.213. The molecule has 11 nitrogen and oxygen atoms in total. The molecule has 5 atom stereocenters. The van der Waals surface area contributed by atoms with Crippen LogP contribution in [0.5, 0.6) is 0 Å². The average molecular weight is 414 g/mol. The van der Waals surface area contributed by atoms with Crippen LogP contribution in [0.25, 0.3) is 10.4 Å². The Labute approximate surface area is 162 Å². The molecule has 0 aromatic heterocycles. The van der Waals surface area contributed by atoms with Gasteiger partial charge in [-0.25, -0.2) is 0 Å². The van der Waals surface area contributed by atoms with Crippen molar-refractivity contribution < 1.29 is 31.6 Å². The lowest BCUT2D eigenvalue weighted by atomic mass is 9.96. The molecule has 1 amide bonds. The first-order valence-electron chi connectivity index (χ1n) is 8.26. The number of amides is 1. The van der Waals surface area contributed by atoms with Crippen molar-refractivity contribution in [1.82, 2.24) is 5.32 Å². The van der Waals surface area contributed by atoms with Crippen molar-refractivity contribution in [2.45, 2.75) is 30.6 Å². The number of ether oxygens (including phenoxy) is 3. The van der Waals surface area contributed by atoms with Gasteiger partial charge in [0.05, 0.1) is 18.9 Å². The number of hydrogen-bond donors (Lipinski definition) is 1. The van der Waals surface area contributed by atoms with Gasteiger partial charge in [0.2, 0.25) is 0 Å². The Morgan fingerprint density at radius 3 is 2.46 bits per heavy atom. The van der Waals surface area contributed by atoms with Gasteiger partial charge in [0.15, 0.2) is 6.29 Å². The van der Waals surface area contributed by atoms with E-state index in [1.54, 1.807) is 30.3 Å². The molecule has 1 saturated heterocycles. The number of hydrogen-bond acceptors (Lipinski definition) is 8. The molecule has 0 bridgehead atoms. The lowest BCUT2D eigenvalue weighted by Gasteiger charge is -2.44. The van der Waals surface area contributed by atoms with Crippen LogP contribution in [-0.4, -0.2) is 72.0 Å². The molecular formula is C16H22N4O7S. The maximum absolute atomic E-state index is 12.6. The number of nitrogens with one attached hydrogen (secondary N) is 1. The Hall–Kier alpha value is -2.21. The summed E-state index contributed by atoms with van der Waals surface area (Å²) in [5.74, 6) is -0.426. The van der Waals surface area contributed by atoms with Crippen LogP contribution < -0.4 is 5.32 Å². The smallest absolute Gasteiger partial charge is 0.264 e. The van der Waals surface area contributed by atoms with Crippen molar-refractivity contribution in [1.29, 1.82) is 0 Å². The number of benzene rings is 1. The molecule has 0 spiro atoms. The first-order chi connectivity index (χ1) is 13.3. The first kappa shape index (κ1) is 22.1. The van der Waals surface area contributed by atoms with Crippen molar-refractivity contribution in [3.05, 3.63) is 46.3 Å². The fourth-order valence-corrected chi connectivity index (χ4v) is 3.58. The second-order valence-corrected chi connectivity index (χ2v) is 7.62. The van der Waals surface area contributed by atoms with Crippen LogP contribution in [0.15, 0.2) is 35.4 Å². The maximum Gasteiger partial charge on any atom is 0.264 e. The summed E-state index contributed by atoms with van der Waals surface area (Å²) >= 11 is 0. The summed E-state index contributed by atoms with van der Waals surface area (Å²) in [6.07, 6.45) is -3.20. The van der Waals surface area contributed by atoms with Gasteiger partial charge >= 0.3 is 0 Å². The van der Waals surface area contributed by atoms with E-state index in [4.69, 9.17) is 23.9 Å². The molecule has 1 aliphatic heterocycles. The van der Waals surface area contributed by atoms with E-state index < -0.39 is 46.7 Å². The highest BCUT2D eigenvalue weighted by atomic mass is 32.2. The standard InChI is InChI=1S/C16H22N4O7S/c1-24-14-12(19-15(21)10-7-5-4-6-8-10)16(25-2)26-11(9-18-20-17)13(14)27-28(3,22)23/h4-8,11-14,16H,9H2,1-3H3,(H,19,21)/t11?,12?,13-,14?,16?/m0/s1. The van der Waals surface area contributed by atoms with Gasteiger partial charge in [-0.3, -0.25) is 8.98 Å². The summed E-state index contributed by atoms with van der Waals surface area (Å²) in [7, 11) is -1.20. The topological polar surface area (TPSA) is 149 Å². The van der Waals surface area contributed by atoms with E-state index >= 15 is 0 Å². The van der Waals surface area contributed by atoms with Crippen LogP contribution in [0.4, 0.5) is 0 Å². The van der Waals surface area contributed by atoms with Crippen LogP contribution in [0.1, 0.15) is 10.4 Å². The van der Waals surface area contributed by atoms with Gasteiger partial charge in [0, 0.05) is 24.7 Å². The van der Waals surface area contributed by atoms with E-state index in [1.807, 2.05) is 0 Å². The van der Waals surface area contributed by atoms with Crippen molar-refractivity contribution in [2.75, 3.05) is 27.0 Å². The average Bonchev–Trinajstić information content (AvgIpc) is 2.67. The van der Waals surface area contributed by atoms with Crippen molar-refractivity contribution in [3.63, 3.8) is 0 Å². The molecule has 154 valence electrons.